The van der Waals surface area contributed by atoms with E-state index in [9.17, 15) is 27.6 Å². The number of carbonyl (C=O) groups is 4. The Morgan fingerprint density at radius 2 is 1.54 bits per heavy atom. The molecule has 2 aromatic carbocycles. The van der Waals surface area contributed by atoms with Crippen molar-refractivity contribution in [1.82, 2.24) is 20.1 Å². The van der Waals surface area contributed by atoms with Crippen LogP contribution in [0.5, 0.6) is 0 Å². The molecule has 4 rings (SSSR count). The number of nitrogens with zero attached hydrogens (tertiary/aromatic N) is 2. The fraction of sp³-hybridized carbons (Fsp3) is 0.529. The summed E-state index contributed by atoms with van der Waals surface area (Å²) in [5.74, 6) is -3.40. The molecule has 2 aliphatic rings. The number of hydrogen-bond acceptors (Lipinski definition) is 7. The second-order valence-corrected chi connectivity index (χ2v) is 15.5. The van der Waals surface area contributed by atoms with Gasteiger partial charge >= 0.3 is 12.0 Å². The summed E-state index contributed by atoms with van der Waals surface area (Å²) in [6.07, 6.45) is 2.15. The van der Waals surface area contributed by atoms with Crippen LogP contribution in [0.2, 0.25) is 0 Å². The number of hydrazine groups is 1. The molecule has 0 aromatic heterocycles. The molecule has 2 saturated heterocycles. The lowest BCUT2D eigenvalue weighted by Crippen LogP contribution is -2.57. The molecule has 250 valence electrons. The number of urea groups is 1. The Bertz CT molecular complexity index is 1500. The summed E-state index contributed by atoms with van der Waals surface area (Å²) < 4.78 is 33.3. The number of imide groups is 1. The molecule has 2 N–H and O–H groups in total. The summed E-state index contributed by atoms with van der Waals surface area (Å²) in [6, 6.07) is 17.1. The molecule has 11 nitrogen and oxygen atoms in total. The highest BCUT2D eigenvalue weighted by Crippen LogP contribution is 2.33. The Morgan fingerprint density at radius 1 is 0.957 bits per heavy atom. The molecule has 0 saturated carbocycles. The largest absolute Gasteiger partial charge is 0.460 e. The first-order valence-corrected chi connectivity index (χ1v) is 17.4. The Labute approximate surface area is 272 Å². The Kier molecular flexibility index (Phi) is 10.9. The molecule has 2 atom stereocenters. The molecule has 2 heterocycles. The van der Waals surface area contributed by atoms with Crippen molar-refractivity contribution in [3.8, 4) is 0 Å². The van der Waals surface area contributed by atoms with Crippen LogP contribution < -0.4 is 10.7 Å². The molecule has 0 bridgehead atoms. The second-order valence-electron chi connectivity index (χ2n) is 13.6. The van der Waals surface area contributed by atoms with Crippen molar-refractivity contribution in [3.63, 3.8) is 0 Å². The van der Waals surface area contributed by atoms with Crippen molar-refractivity contribution < 1.29 is 32.3 Å². The topological polar surface area (TPSA) is 142 Å². The fourth-order valence-corrected chi connectivity index (χ4v) is 7.56. The number of piperidine rings is 1. The summed E-state index contributed by atoms with van der Waals surface area (Å²) >= 11 is 0. The minimum absolute atomic E-state index is 0.0170. The van der Waals surface area contributed by atoms with Gasteiger partial charge in [-0.05, 0) is 82.9 Å². The Balaban J connectivity index is 1.49. The van der Waals surface area contributed by atoms with Crippen molar-refractivity contribution in [1.29, 1.82) is 0 Å². The van der Waals surface area contributed by atoms with Gasteiger partial charge in [-0.3, -0.25) is 19.8 Å². The Hall–Kier alpha value is -3.77. The van der Waals surface area contributed by atoms with Gasteiger partial charge in [0, 0.05) is 13.1 Å². The quantitative estimate of drug-likeness (QED) is 0.255. The van der Waals surface area contributed by atoms with Crippen molar-refractivity contribution >= 4 is 33.8 Å². The number of aryl methyl sites for hydroxylation is 1. The molecule has 0 radical (unpaired) electrons. The third-order valence-electron chi connectivity index (χ3n) is 8.42. The van der Waals surface area contributed by atoms with Crippen molar-refractivity contribution in [3.05, 3.63) is 66.2 Å². The zero-order chi connectivity index (χ0) is 33.7. The maximum absolute atomic E-state index is 13.9. The van der Waals surface area contributed by atoms with Crippen LogP contribution in [0.1, 0.15) is 72.3 Å². The highest BCUT2D eigenvalue weighted by Gasteiger charge is 2.54. The first kappa shape index (κ1) is 35.1. The molecule has 2 fully saturated rings. The maximum atomic E-state index is 13.9. The standard InChI is InChI=1S/C34H46N4O7S/c1-24(2)23-28(27(30(40)45-33(3,4)5)18-12-15-25-13-8-6-9-14-25)29(39)36-38-31(41)34(35-32(38)42)19-21-37(22-20-34)46(43,44)26-16-10-7-11-17-26/h6-11,13-14,16-17,24,27-28H,12,15,18-23H2,1-5H3,(H,35,42)(H,36,39)/t27-,28+/m0/s1. The number of sulfonamides is 1. The molecule has 0 unspecified atom stereocenters. The first-order valence-electron chi connectivity index (χ1n) is 15.9. The van der Waals surface area contributed by atoms with E-state index in [1.807, 2.05) is 44.2 Å². The molecule has 12 heteroatoms. The molecule has 2 aromatic rings. The number of nitrogens with one attached hydrogen (secondary N) is 2. The highest BCUT2D eigenvalue weighted by molar-refractivity contribution is 7.89. The maximum Gasteiger partial charge on any atom is 0.344 e. The van der Waals surface area contributed by atoms with Gasteiger partial charge in [-0.1, -0.05) is 62.4 Å². The lowest BCUT2D eigenvalue weighted by atomic mass is 9.81. The van der Waals surface area contributed by atoms with Crippen molar-refractivity contribution in [2.24, 2.45) is 17.8 Å². The van der Waals surface area contributed by atoms with E-state index < -0.39 is 56.8 Å². The minimum Gasteiger partial charge on any atom is -0.460 e. The number of ether oxygens (including phenoxy) is 1. The number of rotatable bonds is 12. The second kappa shape index (κ2) is 14.3. The normalized spacial score (nSPS) is 18.3. The average Bonchev–Trinajstić information content (AvgIpc) is 3.22. The SMILES string of the molecule is CC(C)C[C@@H](C(=O)NN1C(=O)NC2(CCN(S(=O)(=O)c3ccccc3)CC2)C1=O)[C@H](CCCc1ccccc1)C(=O)OC(C)(C)C. The fourth-order valence-electron chi connectivity index (χ4n) is 6.10. The molecule has 1 spiro atoms. The van der Waals surface area contributed by atoms with Gasteiger partial charge in [0.05, 0.1) is 16.7 Å². The highest BCUT2D eigenvalue weighted by atomic mass is 32.2. The van der Waals surface area contributed by atoms with E-state index >= 15 is 0 Å². The van der Waals surface area contributed by atoms with E-state index in [1.54, 1.807) is 39.0 Å². The zero-order valence-electron chi connectivity index (χ0n) is 27.3. The predicted molar refractivity (Wildman–Crippen MR) is 172 cm³/mol. The van der Waals surface area contributed by atoms with Crippen LogP contribution in [0.15, 0.2) is 65.6 Å². The van der Waals surface area contributed by atoms with Crippen molar-refractivity contribution in [2.75, 3.05) is 13.1 Å². The van der Waals surface area contributed by atoms with Gasteiger partial charge in [-0.2, -0.15) is 9.31 Å². The molecular weight excluding hydrogens is 608 g/mol. The lowest BCUT2D eigenvalue weighted by molar-refractivity contribution is -0.165. The van der Waals surface area contributed by atoms with E-state index in [4.69, 9.17) is 4.74 Å². The predicted octanol–water partition coefficient (Wildman–Crippen LogP) is 4.44. The minimum atomic E-state index is -3.77. The lowest BCUT2D eigenvalue weighted by Gasteiger charge is -2.36. The molecule has 46 heavy (non-hydrogen) atoms. The number of benzene rings is 2. The van der Waals surface area contributed by atoms with Gasteiger partial charge in [0.2, 0.25) is 15.9 Å². The van der Waals surface area contributed by atoms with E-state index in [2.05, 4.69) is 10.7 Å². The van der Waals surface area contributed by atoms with Crippen LogP contribution in [0, 0.1) is 17.8 Å². The van der Waals surface area contributed by atoms with Gasteiger partial charge in [0.25, 0.3) is 5.91 Å². The first-order chi connectivity index (χ1) is 21.6. The van der Waals surface area contributed by atoms with E-state index in [-0.39, 0.29) is 36.7 Å². The number of esters is 1. The van der Waals surface area contributed by atoms with Gasteiger partial charge in [-0.15, -0.1) is 0 Å². The van der Waals surface area contributed by atoms with Gasteiger partial charge in [0.15, 0.2) is 0 Å². The van der Waals surface area contributed by atoms with E-state index in [0.717, 1.165) is 5.56 Å². The number of carbonyl (C=O) groups excluding carboxylic acids is 4. The summed E-state index contributed by atoms with van der Waals surface area (Å²) in [5.41, 5.74) is 1.52. The smallest absolute Gasteiger partial charge is 0.344 e. The molecule has 4 amide bonds. The third kappa shape index (κ3) is 8.33. The number of hydrogen-bond donors (Lipinski definition) is 2. The van der Waals surface area contributed by atoms with Crippen LogP contribution >= 0.6 is 0 Å². The van der Waals surface area contributed by atoms with Crippen LogP contribution in [0.4, 0.5) is 4.79 Å². The number of amides is 4. The van der Waals surface area contributed by atoms with Gasteiger partial charge in [-0.25, -0.2) is 13.2 Å². The summed E-state index contributed by atoms with van der Waals surface area (Å²) in [4.78, 5) is 54.4. The molecule has 0 aliphatic carbocycles. The molecular formula is C34H46N4O7S. The summed E-state index contributed by atoms with van der Waals surface area (Å²) in [6.45, 7) is 9.23. The van der Waals surface area contributed by atoms with E-state index in [0.29, 0.717) is 30.7 Å². The monoisotopic (exact) mass is 654 g/mol. The van der Waals surface area contributed by atoms with Crippen molar-refractivity contribution in [2.45, 2.75) is 89.2 Å². The zero-order valence-corrected chi connectivity index (χ0v) is 28.1. The van der Waals surface area contributed by atoms with Crippen LogP contribution in [-0.4, -0.2) is 65.8 Å². The van der Waals surface area contributed by atoms with Crippen LogP contribution in [0.25, 0.3) is 0 Å². The van der Waals surface area contributed by atoms with Crippen LogP contribution in [0.3, 0.4) is 0 Å². The Morgan fingerprint density at radius 3 is 2.11 bits per heavy atom. The average molecular weight is 655 g/mol. The third-order valence-corrected chi connectivity index (χ3v) is 10.3. The summed E-state index contributed by atoms with van der Waals surface area (Å²) in [7, 11) is -3.77. The summed E-state index contributed by atoms with van der Waals surface area (Å²) in [5, 5.41) is 3.40. The molecule has 2 aliphatic heterocycles. The van der Waals surface area contributed by atoms with Gasteiger partial charge < -0.3 is 10.1 Å². The van der Waals surface area contributed by atoms with E-state index in [1.165, 1.54) is 16.4 Å². The van der Waals surface area contributed by atoms with Gasteiger partial charge in [0.1, 0.15) is 11.1 Å². The van der Waals surface area contributed by atoms with Crippen LogP contribution in [-0.2, 0) is 35.6 Å².